The lowest BCUT2D eigenvalue weighted by Gasteiger charge is -2.24. The van der Waals surface area contributed by atoms with Crippen LogP contribution < -0.4 is 5.32 Å². The second kappa shape index (κ2) is 6.37. The average Bonchev–Trinajstić information content (AvgIpc) is 2.97. The number of nitrogens with zero attached hydrogens (tertiary/aromatic N) is 1. The summed E-state index contributed by atoms with van der Waals surface area (Å²) < 4.78 is 5.00. The van der Waals surface area contributed by atoms with E-state index in [1.54, 1.807) is 7.11 Å². The van der Waals surface area contributed by atoms with Gasteiger partial charge in [-0.15, -0.1) is 0 Å². The fraction of sp³-hybridized carbons (Fsp3) is 0.857. The number of methoxy groups -OCH3 is 1. The van der Waals surface area contributed by atoms with Crippen molar-refractivity contribution in [3.8, 4) is 0 Å². The third kappa shape index (κ3) is 3.47. The van der Waals surface area contributed by atoms with E-state index in [-0.39, 0.29) is 23.8 Å². The molecule has 2 amide bonds. The monoisotopic (exact) mass is 268 g/mol. The molecule has 2 atom stereocenters. The fourth-order valence-electron chi connectivity index (χ4n) is 3.13. The van der Waals surface area contributed by atoms with Crippen LogP contribution in [0, 0.1) is 5.92 Å². The lowest BCUT2D eigenvalue weighted by molar-refractivity contribution is -0.130. The van der Waals surface area contributed by atoms with Crippen LogP contribution in [0.2, 0.25) is 0 Å². The van der Waals surface area contributed by atoms with Crippen molar-refractivity contribution in [1.29, 1.82) is 0 Å². The van der Waals surface area contributed by atoms with Gasteiger partial charge < -0.3 is 15.0 Å². The van der Waals surface area contributed by atoms with Crippen LogP contribution in [0.25, 0.3) is 0 Å². The van der Waals surface area contributed by atoms with Gasteiger partial charge in [0.25, 0.3) is 0 Å². The molecular formula is C14H24N2O3. The zero-order valence-electron chi connectivity index (χ0n) is 11.9. The van der Waals surface area contributed by atoms with Gasteiger partial charge in [0, 0.05) is 32.2 Å². The van der Waals surface area contributed by atoms with Gasteiger partial charge in [-0.05, 0) is 19.8 Å². The Hall–Kier alpha value is -1.10. The summed E-state index contributed by atoms with van der Waals surface area (Å²) >= 11 is 0. The van der Waals surface area contributed by atoms with E-state index in [0.717, 1.165) is 12.8 Å². The van der Waals surface area contributed by atoms with Crippen LogP contribution in [-0.2, 0) is 14.3 Å². The van der Waals surface area contributed by atoms with E-state index in [1.165, 1.54) is 12.8 Å². The highest BCUT2D eigenvalue weighted by Gasteiger charge is 2.38. The smallest absolute Gasteiger partial charge is 0.225 e. The first kappa shape index (κ1) is 14.3. The first-order valence-electron chi connectivity index (χ1n) is 7.20. The van der Waals surface area contributed by atoms with E-state index in [4.69, 9.17) is 4.74 Å². The van der Waals surface area contributed by atoms with Crippen LogP contribution in [0.15, 0.2) is 0 Å². The normalized spacial score (nSPS) is 25.9. The van der Waals surface area contributed by atoms with Crippen LogP contribution in [0.3, 0.4) is 0 Å². The van der Waals surface area contributed by atoms with Gasteiger partial charge >= 0.3 is 0 Å². The quantitative estimate of drug-likeness (QED) is 0.807. The topological polar surface area (TPSA) is 58.6 Å². The van der Waals surface area contributed by atoms with Gasteiger partial charge in [0.1, 0.15) is 0 Å². The number of nitrogens with one attached hydrogen (secondary N) is 1. The Morgan fingerprint density at radius 1 is 1.47 bits per heavy atom. The molecule has 1 aliphatic heterocycles. The standard InChI is InChI=1S/C14H24N2O3/c1-10(9-19-2)15-14(18)11-7-13(17)16(8-11)12-5-3-4-6-12/h10-12H,3-9H2,1-2H3,(H,15,18). The van der Waals surface area contributed by atoms with Crippen molar-refractivity contribution in [2.75, 3.05) is 20.3 Å². The van der Waals surface area contributed by atoms with E-state index < -0.39 is 0 Å². The molecule has 0 bridgehead atoms. The van der Waals surface area contributed by atoms with Crippen LogP contribution >= 0.6 is 0 Å². The fourth-order valence-corrected chi connectivity index (χ4v) is 3.13. The van der Waals surface area contributed by atoms with E-state index in [2.05, 4.69) is 5.32 Å². The molecule has 0 spiro atoms. The van der Waals surface area contributed by atoms with Gasteiger partial charge in [0.2, 0.25) is 11.8 Å². The number of likely N-dealkylation sites (tertiary alicyclic amines) is 1. The first-order valence-corrected chi connectivity index (χ1v) is 7.20. The predicted molar refractivity (Wildman–Crippen MR) is 71.6 cm³/mol. The lowest BCUT2D eigenvalue weighted by Crippen LogP contribution is -2.41. The molecule has 2 unspecified atom stereocenters. The number of hydrogen-bond acceptors (Lipinski definition) is 3. The largest absolute Gasteiger partial charge is 0.383 e. The van der Waals surface area contributed by atoms with E-state index >= 15 is 0 Å². The second-order valence-corrected chi connectivity index (χ2v) is 5.75. The minimum absolute atomic E-state index is 0.00636. The van der Waals surface area contributed by atoms with Crippen LogP contribution in [0.4, 0.5) is 0 Å². The maximum atomic E-state index is 12.1. The van der Waals surface area contributed by atoms with Crippen LogP contribution in [0.1, 0.15) is 39.0 Å². The summed E-state index contributed by atoms with van der Waals surface area (Å²) in [7, 11) is 1.61. The molecule has 0 aromatic heterocycles. The van der Waals surface area contributed by atoms with E-state index in [1.807, 2.05) is 11.8 Å². The molecule has 1 saturated carbocycles. The van der Waals surface area contributed by atoms with Gasteiger partial charge in [0.05, 0.1) is 12.5 Å². The number of hydrogen-bond donors (Lipinski definition) is 1. The number of amides is 2. The SMILES string of the molecule is COCC(C)NC(=O)C1CC(=O)N(C2CCCC2)C1. The minimum atomic E-state index is -0.188. The Bertz CT molecular complexity index is 340. The summed E-state index contributed by atoms with van der Waals surface area (Å²) in [5, 5.41) is 2.91. The van der Waals surface area contributed by atoms with Crippen molar-refractivity contribution in [1.82, 2.24) is 10.2 Å². The first-order chi connectivity index (χ1) is 9.11. The second-order valence-electron chi connectivity index (χ2n) is 5.75. The van der Waals surface area contributed by atoms with Crippen LogP contribution in [0.5, 0.6) is 0 Å². The molecule has 5 nitrogen and oxygen atoms in total. The number of carbonyl (C=O) groups is 2. The summed E-state index contributed by atoms with van der Waals surface area (Å²) in [4.78, 5) is 26.0. The molecule has 1 aliphatic carbocycles. The van der Waals surface area contributed by atoms with Crippen molar-refractivity contribution in [2.24, 2.45) is 5.92 Å². The van der Waals surface area contributed by atoms with Crippen LogP contribution in [-0.4, -0.2) is 49.1 Å². The summed E-state index contributed by atoms with van der Waals surface area (Å²) in [6, 6.07) is 0.370. The maximum Gasteiger partial charge on any atom is 0.225 e. The van der Waals surface area contributed by atoms with Crippen molar-refractivity contribution >= 4 is 11.8 Å². The highest BCUT2D eigenvalue weighted by atomic mass is 16.5. The van der Waals surface area contributed by atoms with Gasteiger partial charge in [0.15, 0.2) is 0 Å². The molecule has 108 valence electrons. The zero-order chi connectivity index (χ0) is 13.8. The van der Waals surface area contributed by atoms with Crippen molar-refractivity contribution in [3.05, 3.63) is 0 Å². The Labute approximate surface area is 114 Å². The highest BCUT2D eigenvalue weighted by molar-refractivity contribution is 5.89. The lowest BCUT2D eigenvalue weighted by atomic mass is 10.1. The molecule has 1 N–H and O–H groups in total. The number of rotatable bonds is 5. The molecule has 1 heterocycles. The Balaban J connectivity index is 1.85. The molecular weight excluding hydrogens is 244 g/mol. The molecule has 2 aliphatic rings. The zero-order valence-corrected chi connectivity index (χ0v) is 11.9. The summed E-state index contributed by atoms with van der Waals surface area (Å²) in [5.41, 5.74) is 0. The summed E-state index contributed by atoms with van der Waals surface area (Å²) in [6.07, 6.45) is 4.97. The Kier molecular flexibility index (Phi) is 4.80. The summed E-state index contributed by atoms with van der Waals surface area (Å²) in [5.74, 6) is -0.0581. The van der Waals surface area contributed by atoms with Crippen molar-refractivity contribution in [3.63, 3.8) is 0 Å². The molecule has 19 heavy (non-hydrogen) atoms. The maximum absolute atomic E-state index is 12.1. The van der Waals surface area contributed by atoms with E-state index in [0.29, 0.717) is 25.6 Å². The minimum Gasteiger partial charge on any atom is -0.383 e. The predicted octanol–water partition coefficient (Wildman–Crippen LogP) is 0.929. The molecule has 2 fully saturated rings. The van der Waals surface area contributed by atoms with Gasteiger partial charge in [-0.2, -0.15) is 0 Å². The molecule has 0 aromatic carbocycles. The molecule has 5 heteroatoms. The van der Waals surface area contributed by atoms with Gasteiger partial charge in [-0.1, -0.05) is 12.8 Å². The van der Waals surface area contributed by atoms with Gasteiger partial charge in [-0.25, -0.2) is 0 Å². The van der Waals surface area contributed by atoms with Crippen molar-refractivity contribution in [2.45, 2.75) is 51.1 Å². The Morgan fingerprint density at radius 2 is 2.16 bits per heavy atom. The highest BCUT2D eigenvalue weighted by Crippen LogP contribution is 2.29. The third-order valence-corrected chi connectivity index (χ3v) is 4.10. The van der Waals surface area contributed by atoms with Gasteiger partial charge in [-0.3, -0.25) is 9.59 Å². The average molecular weight is 268 g/mol. The molecule has 1 saturated heterocycles. The van der Waals surface area contributed by atoms with Crippen molar-refractivity contribution < 1.29 is 14.3 Å². The number of ether oxygens (including phenoxy) is 1. The number of carbonyl (C=O) groups excluding carboxylic acids is 2. The molecule has 2 rings (SSSR count). The summed E-state index contributed by atoms with van der Waals surface area (Å²) in [6.45, 7) is 3.00. The van der Waals surface area contributed by atoms with E-state index in [9.17, 15) is 9.59 Å². The Morgan fingerprint density at radius 3 is 2.79 bits per heavy atom. The third-order valence-electron chi connectivity index (χ3n) is 4.10. The molecule has 0 aromatic rings. The molecule has 0 radical (unpaired) electrons.